The number of carbonyl (C=O) groups excluding carboxylic acids is 2. The second-order valence-corrected chi connectivity index (χ2v) is 4.14. The van der Waals surface area contributed by atoms with Crippen LogP contribution in [-0.2, 0) is 16.1 Å². The Morgan fingerprint density at radius 3 is 2.57 bits per heavy atom. The van der Waals surface area contributed by atoms with Crippen molar-refractivity contribution in [2.45, 2.75) is 13.5 Å². The van der Waals surface area contributed by atoms with Crippen LogP contribution in [0.3, 0.4) is 0 Å². The summed E-state index contributed by atoms with van der Waals surface area (Å²) in [6, 6.07) is 5.36. The second-order valence-electron chi connectivity index (χ2n) is 4.14. The summed E-state index contributed by atoms with van der Waals surface area (Å²) < 4.78 is 19.1. The van der Waals surface area contributed by atoms with E-state index in [4.69, 9.17) is 10.5 Å². The van der Waals surface area contributed by atoms with Crippen molar-refractivity contribution in [3.63, 3.8) is 0 Å². The zero-order valence-electron chi connectivity index (χ0n) is 11.2. The number of primary amides is 1. The molecule has 0 unspecified atom stereocenters. The van der Waals surface area contributed by atoms with E-state index in [1.165, 1.54) is 28.9 Å². The molecule has 7 nitrogen and oxygen atoms in total. The van der Waals surface area contributed by atoms with E-state index in [1.54, 1.807) is 6.92 Å². The summed E-state index contributed by atoms with van der Waals surface area (Å²) in [5, 5.41) is 7.45. The van der Waals surface area contributed by atoms with Crippen LogP contribution in [0, 0.1) is 5.82 Å². The van der Waals surface area contributed by atoms with Crippen LogP contribution in [0.5, 0.6) is 0 Å². The van der Waals surface area contributed by atoms with Gasteiger partial charge in [-0.15, -0.1) is 5.10 Å². The number of nitrogens with zero attached hydrogens (tertiary/aromatic N) is 3. The maximum atomic E-state index is 13.0. The fourth-order valence-corrected chi connectivity index (χ4v) is 1.80. The van der Waals surface area contributed by atoms with E-state index in [1.807, 2.05) is 0 Å². The fraction of sp³-hybridized carbons (Fsp3) is 0.231. The van der Waals surface area contributed by atoms with Crippen molar-refractivity contribution < 1.29 is 18.7 Å². The van der Waals surface area contributed by atoms with E-state index in [0.717, 1.165) is 0 Å². The summed E-state index contributed by atoms with van der Waals surface area (Å²) in [6.45, 7) is 1.58. The van der Waals surface area contributed by atoms with Crippen LogP contribution in [0.1, 0.15) is 17.4 Å². The van der Waals surface area contributed by atoms with E-state index in [0.29, 0.717) is 5.56 Å². The highest BCUT2D eigenvalue weighted by molar-refractivity contribution is 5.94. The van der Waals surface area contributed by atoms with E-state index in [9.17, 15) is 14.0 Å². The molecule has 0 bridgehead atoms. The number of rotatable bonds is 5. The van der Waals surface area contributed by atoms with Crippen LogP contribution in [-0.4, -0.2) is 33.5 Å². The number of benzene rings is 1. The summed E-state index contributed by atoms with van der Waals surface area (Å²) in [7, 11) is 0. The number of hydrogen-bond donors (Lipinski definition) is 1. The lowest BCUT2D eigenvalue weighted by Gasteiger charge is -2.06. The Bertz CT molecular complexity index is 667. The number of carbonyl (C=O) groups is 2. The largest absolute Gasteiger partial charge is 0.461 e. The van der Waals surface area contributed by atoms with Crippen LogP contribution < -0.4 is 5.73 Å². The summed E-state index contributed by atoms with van der Waals surface area (Å²) in [6.07, 6.45) is 0. The molecule has 110 valence electrons. The quantitative estimate of drug-likeness (QED) is 0.819. The molecule has 0 radical (unpaired) electrons. The highest BCUT2D eigenvalue weighted by Crippen LogP contribution is 2.23. The average Bonchev–Trinajstić information content (AvgIpc) is 2.83. The molecule has 0 fully saturated rings. The Kier molecular flexibility index (Phi) is 4.27. The minimum Gasteiger partial charge on any atom is -0.461 e. The highest BCUT2D eigenvalue weighted by Gasteiger charge is 2.22. The van der Waals surface area contributed by atoms with Crippen molar-refractivity contribution in [2.75, 3.05) is 6.61 Å². The van der Waals surface area contributed by atoms with Gasteiger partial charge in [0.15, 0.2) is 5.69 Å². The number of aromatic nitrogens is 3. The molecule has 1 heterocycles. The smallest absolute Gasteiger partial charge is 0.361 e. The van der Waals surface area contributed by atoms with E-state index < -0.39 is 17.7 Å². The first kappa shape index (κ1) is 14.6. The summed E-state index contributed by atoms with van der Waals surface area (Å²) in [5.74, 6) is -1.74. The third kappa shape index (κ3) is 3.22. The van der Waals surface area contributed by atoms with E-state index in [-0.39, 0.29) is 24.5 Å². The Hall–Kier alpha value is -2.77. The van der Waals surface area contributed by atoms with Crippen LogP contribution in [0.15, 0.2) is 24.3 Å². The minimum atomic E-state index is -0.674. The standard InChI is InChI=1S/C13H13FN4O3/c1-2-21-13(20)11-12(8-3-5-9(14)6-4-8)18(17-16-11)7-10(15)19/h3-6H,2,7H2,1H3,(H2,15,19). The normalized spacial score (nSPS) is 10.4. The summed E-state index contributed by atoms with van der Waals surface area (Å²) in [5.41, 5.74) is 5.82. The van der Waals surface area contributed by atoms with Crippen LogP contribution >= 0.6 is 0 Å². The first-order valence-corrected chi connectivity index (χ1v) is 6.17. The molecule has 0 atom stereocenters. The monoisotopic (exact) mass is 292 g/mol. The molecule has 8 heteroatoms. The predicted molar refractivity (Wildman–Crippen MR) is 70.6 cm³/mol. The van der Waals surface area contributed by atoms with Gasteiger partial charge >= 0.3 is 5.97 Å². The number of ether oxygens (including phenoxy) is 1. The Morgan fingerprint density at radius 2 is 2.00 bits per heavy atom. The van der Waals surface area contributed by atoms with Crippen LogP contribution in [0.4, 0.5) is 4.39 Å². The second kappa shape index (κ2) is 6.12. The van der Waals surface area contributed by atoms with Crippen LogP contribution in [0.25, 0.3) is 11.3 Å². The fourth-order valence-electron chi connectivity index (χ4n) is 1.80. The van der Waals surface area contributed by atoms with Crippen LogP contribution in [0.2, 0.25) is 0 Å². The van der Waals surface area contributed by atoms with Crippen molar-refractivity contribution in [1.29, 1.82) is 0 Å². The Balaban J connectivity index is 2.52. The molecular weight excluding hydrogens is 279 g/mol. The molecule has 21 heavy (non-hydrogen) atoms. The molecule has 0 saturated heterocycles. The number of nitrogens with two attached hydrogens (primary N) is 1. The van der Waals surface area contributed by atoms with Crippen molar-refractivity contribution in [3.05, 3.63) is 35.8 Å². The van der Waals surface area contributed by atoms with Gasteiger partial charge in [0.2, 0.25) is 5.91 Å². The number of amides is 1. The van der Waals surface area contributed by atoms with Crippen molar-refractivity contribution in [3.8, 4) is 11.3 Å². The molecule has 0 aliphatic carbocycles. The Morgan fingerprint density at radius 1 is 1.33 bits per heavy atom. The van der Waals surface area contributed by atoms with Gasteiger partial charge < -0.3 is 10.5 Å². The Labute approximate surface area is 119 Å². The van der Waals surface area contributed by atoms with Gasteiger partial charge in [0.25, 0.3) is 0 Å². The van der Waals surface area contributed by atoms with E-state index >= 15 is 0 Å². The highest BCUT2D eigenvalue weighted by atomic mass is 19.1. The maximum absolute atomic E-state index is 13.0. The molecule has 0 aliphatic rings. The van der Waals surface area contributed by atoms with Gasteiger partial charge in [-0.1, -0.05) is 5.21 Å². The molecule has 2 rings (SSSR count). The number of esters is 1. The average molecular weight is 292 g/mol. The van der Waals surface area contributed by atoms with Crippen molar-refractivity contribution in [1.82, 2.24) is 15.0 Å². The van der Waals surface area contributed by atoms with Gasteiger partial charge in [-0.3, -0.25) is 4.79 Å². The predicted octanol–water partition coefficient (Wildman–Crippen LogP) is 0.746. The van der Waals surface area contributed by atoms with Crippen molar-refractivity contribution >= 4 is 11.9 Å². The number of hydrogen-bond acceptors (Lipinski definition) is 5. The molecule has 0 saturated carbocycles. The third-order valence-electron chi connectivity index (χ3n) is 2.63. The first-order chi connectivity index (χ1) is 10.0. The zero-order valence-corrected chi connectivity index (χ0v) is 11.2. The lowest BCUT2D eigenvalue weighted by atomic mass is 10.1. The van der Waals surface area contributed by atoms with E-state index in [2.05, 4.69) is 10.3 Å². The van der Waals surface area contributed by atoms with Crippen molar-refractivity contribution in [2.24, 2.45) is 5.73 Å². The van der Waals surface area contributed by atoms with Gasteiger partial charge in [-0.25, -0.2) is 13.9 Å². The zero-order chi connectivity index (χ0) is 15.4. The molecule has 1 amide bonds. The molecule has 2 aromatic rings. The molecule has 0 spiro atoms. The molecule has 0 aliphatic heterocycles. The SMILES string of the molecule is CCOC(=O)c1nnn(CC(N)=O)c1-c1ccc(F)cc1. The summed E-state index contributed by atoms with van der Waals surface area (Å²) >= 11 is 0. The van der Waals surface area contributed by atoms with Gasteiger partial charge in [0, 0.05) is 5.56 Å². The molecule has 1 aromatic heterocycles. The van der Waals surface area contributed by atoms with Gasteiger partial charge in [0.05, 0.1) is 6.61 Å². The lowest BCUT2D eigenvalue weighted by molar-refractivity contribution is -0.118. The topological polar surface area (TPSA) is 100 Å². The van der Waals surface area contributed by atoms with Gasteiger partial charge in [0.1, 0.15) is 18.1 Å². The summed E-state index contributed by atoms with van der Waals surface area (Å²) in [4.78, 5) is 22.9. The van der Waals surface area contributed by atoms with Gasteiger partial charge in [-0.2, -0.15) is 0 Å². The maximum Gasteiger partial charge on any atom is 0.361 e. The molecular formula is C13H13FN4O3. The van der Waals surface area contributed by atoms with Gasteiger partial charge in [-0.05, 0) is 31.2 Å². The number of halogens is 1. The molecule has 2 N–H and O–H groups in total. The minimum absolute atomic E-state index is 0.0512. The lowest BCUT2D eigenvalue weighted by Crippen LogP contribution is -2.20. The first-order valence-electron chi connectivity index (χ1n) is 6.17. The molecule has 1 aromatic carbocycles. The third-order valence-corrected chi connectivity index (χ3v) is 2.63.